The number of rotatable bonds is 5. The van der Waals surface area contributed by atoms with Gasteiger partial charge in [-0.15, -0.1) is 0 Å². The second-order valence-corrected chi connectivity index (χ2v) is 6.81. The van der Waals surface area contributed by atoms with E-state index in [1.54, 1.807) is 0 Å². The van der Waals surface area contributed by atoms with Gasteiger partial charge >= 0.3 is 0 Å². The Kier molecular flexibility index (Phi) is 3.44. The van der Waals surface area contributed by atoms with E-state index in [4.69, 9.17) is 23.2 Å². The van der Waals surface area contributed by atoms with Crippen LogP contribution in [-0.2, 0) is 6.54 Å². The van der Waals surface area contributed by atoms with Gasteiger partial charge in [0.05, 0.1) is 27.6 Å². The second-order valence-electron chi connectivity index (χ2n) is 5.99. The molecule has 2 saturated carbocycles. The van der Waals surface area contributed by atoms with Crippen LogP contribution in [0.25, 0.3) is 5.69 Å². The van der Waals surface area contributed by atoms with Crippen LogP contribution in [-0.4, -0.2) is 15.8 Å². The Morgan fingerprint density at radius 2 is 1.95 bits per heavy atom. The third-order valence-electron chi connectivity index (χ3n) is 4.16. The van der Waals surface area contributed by atoms with Crippen LogP contribution < -0.4 is 5.32 Å². The summed E-state index contributed by atoms with van der Waals surface area (Å²) in [6.07, 6.45) is 7.11. The first-order chi connectivity index (χ1) is 10.2. The maximum atomic E-state index is 6.14. The molecule has 0 saturated heterocycles. The van der Waals surface area contributed by atoms with Gasteiger partial charge in [-0.05, 0) is 43.9 Å². The number of nitrogens with zero attached hydrogens (tertiary/aromatic N) is 2. The van der Waals surface area contributed by atoms with Gasteiger partial charge in [0.1, 0.15) is 0 Å². The minimum Gasteiger partial charge on any atom is -0.310 e. The van der Waals surface area contributed by atoms with Gasteiger partial charge in [0.25, 0.3) is 0 Å². The van der Waals surface area contributed by atoms with Crippen LogP contribution in [0.4, 0.5) is 0 Å². The molecule has 2 aliphatic rings. The molecule has 1 aromatic heterocycles. The lowest BCUT2D eigenvalue weighted by Crippen LogP contribution is -2.16. The van der Waals surface area contributed by atoms with Gasteiger partial charge in [0, 0.05) is 24.1 Å². The first-order valence-corrected chi connectivity index (χ1v) is 8.23. The lowest BCUT2D eigenvalue weighted by molar-refractivity contribution is 0.679. The summed E-state index contributed by atoms with van der Waals surface area (Å²) in [4.78, 5) is 0. The van der Waals surface area contributed by atoms with Crippen molar-refractivity contribution in [2.24, 2.45) is 0 Å². The van der Waals surface area contributed by atoms with Crippen molar-refractivity contribution in [3.05, 3.63) is 45.7 Å². The van der Waals surface area contributed by atoms with E-state index >= 15 is 0 Å². The summed E-state index contributed by atoms with van der Waals surface area (Å²) < 4.78 is 2.03. The van der Waals surface area contributed by atoms with Crippen molar-refractivity contribution in [1.82, 2.24) is 15.1 Å². The van der Waals surface area contributed by atoms with Gasteiger partial charge in [-0.3, -0.25) is 0 Å². The average Bonchev–Trinajstić information content (AvgIpc) is 3.39. The number of benzene rings is 1. The topological polar surface area (TPSA) is 29.9 Å². The quantitative estimate of drug-likeness (QED) is 0.889. The van der Waals surface area contributed by atoms with Crippen LogP contribution in [0.5, 0.6) is 0 Å². The van der Waals surface area contributed by atoms with Crippen LogP contribution in [0, 0.1) is 0 Å². The van der Waals surface area contributed by atoms with Gasteiger partial charge in [-0.25, -0.2) is 4.68 Å². The lowest BCUT2D eigenvalue weighted by atomic mass is 10.1. The van der Waals surface area contributed by atoms with Crippen LogP contribution >= 0.6 is 23.2 Å². The zero-order valence-corrected chi connectivity index (χ0v) is 13.2. The average molecular weight is 322 g/mol. The Bertz CT molecular complexity index is 672. The predicted molar refractivity (Wildman–Crippen MR) is 85.4 cm³/mol. The molecule has 0 aliphatic heterocycles. The number of hydrogen-bond donors (Lipinski definition) is 1. The molecule has 21 heavy (non-hydrogen) atoms. The molecule has 4 rings (SSSR count). The molecule has 5 heteroatoms. The molecule has 110 valence electrons. The van der Waals surface area contributed by atoms with Crippen LogP contribution in [0.1, 0.15) is 42.9 Å². The molecule has 1 N–H and O–H groups in total. The third-order valence-corrected chi connectivity index (χ3v) is 4.90. The molecule has 0 atom stereocenters. The molecule has 2 aromatic rings. The highest BCUT2D eigenvalue weighted by Crippen LogP contribution is 2.43. The summed E-state index contributed by atoms with van der Waals surface area (Å²) in [5.74, 6) is 0.637. The maximum absolute atomic E-state index is 6.14. The monoisotopic (exact) mass is 321 g/mol. The van der Waals surface area contributed by atoms with E-state index in [0.29, 0.717) is 22.0 Å². The highest BCUT2D eigenvalue weighted by molar-refractivity contribution is 6.42. The van der Waals surface area contributed by atoms with E-state index in [1.807, 2.05) is 29.1 Å². The summed E-state index contributed by atoms with van der Waals surface area (Å²) >= 11 is 12.2. The Morgan fingerprint density at radius 3 is 2.62 bits per heavy atom. The SMILES string of the molecule is Clc1ccc(-n2ncc(CNC3CC3)c2C2CC2)cc1Cl. The third kappa shape index (κ3) is 2.83. The molecule has 1 aromatic carbocycles. The van der Waals surface area contributed by atoms with E-state index in [0.717, 1.165) is 12.2 Å². The number of aromatic nitrogens is 2. The largest absolute Gasteiger partial charge is 0.310 e. The molecule has 0 unspecified atom stereocenters. The standard InChI is InChI=1S/C16H17Cl2N3/c17-14-6-5-13(7-15(14)18)21-16(10-1-2-10)11(9-20-21)8-19-12-3-4-12/h5-7,9-10,12,19H,1-4,8H2. The zero-order chi connectivity index (χ0) is 14.4. The van der Waals surface area contributed by atoms with Crippen LogP contribution in [0.2, 0.25) is 10.0 Å². The first kappa shape index (κ1) is 13.6. The smallest absolute Gasteiger partial charge is 0.0664 e. The maximum Gasteiger partial charge on any atom is 0.0664 e. The summed E-state index contributed by atoms with van der Waals surface area (Å²) in [7, 11) is 0. The molecular formula is C16H17Cl2N3. The van der Waals surface area contributed by atoms with Gasteiger partial charge in [0.15, 0.2) is 0 Å². The Hall–Kier alpha value is -1.03. The van der Waals surface area contributed by atoms with Crippen LogP contribution in [0.15, 0.2) is 24.4 Å². The highest BCUT2D eigenvalue weighted by Gasteiger charge is 2.31. The van der Waals surface area contributed by atoms with Crippen molar-refractivity contribution in [3.8, 4) is 5.69 Å². The Balaban J connectivity index is 1.68. The molecule has 0 amide bonds. The summed E-state index contributed by atoms with van der Waals surface area (Å²) in [5, 5.41) is 9.33. The van der Waals surface area contributed by atoms with Gasteiger partial charge in [0.2, 0.25) is 0 Å². The van der Waals surface area contributed by atoms with Crippen molar-refractivity contribution >= 4 is 23.2 Å². The van der Waals surface area contributed by atoms with Crippen molar-refractivity contribution in [3.63, 3.8) is 0 Å². The molecular weight excluding hydrogens is 305 g/mol. The molecule has 0 bridgehead atoms. The van der Waals surface area contributed by atoms with Crippen molar-refractivity contribution in [2.45, 2.75) is 44.2 Å². The number of nitrogens with one attached hydrogen (secondary N) is 1. The van der Waals surface area contributed by atoms with E-state index in [2.05, 4.69) is 10.4 Å². The lowest BCUT2D eigenvalue weighted by Gasteiger charge is -2.10. The minimum atomic E-state index is 0.573. The predicted octanol–water partition coefficient (Wildman–Crippen LogP) is 4.31. The molecule has 2 aliphatic carbocycles. The van der Waals surface area contributed by atoms with Gasteiger partial charge < -0.3 is 5.32 Å². The number of hydrogen-bond acceptors (Lipinski definition) is 2. The van der Waals surface area contributed by atoms with E-state index in [9.17, 15) is 0 Å². The van der Waals surface area contributed by atoms with E-state index in [1.165, 1.54) is 36.9 Å². The summed E-state index contributed by atoms with van der Waals surface area (Å²) in [6.45, 7) is 0.915. The van der Waals surface area contributed by atoms with Crippen molar-refractivity contribution in [2.75, 3.05) is 0 Å². The highest BCUT2D eigenvalue weighted by atomic mass is 35.5. The van der Waals surface area contributed by atoms with Gasteiger partial charge in [-0.1, -0.05) is 23.2 Å². The number of halogens is 2. The molecule has 0 spiro atoms. The second kappa shape index (κ2) is 5.31. The molecule has 2 fully saturated rings. The van der Waals surface area contributed by atoms with E-state index < -0.39 is 0 Å². The van der Waals surface area contributed by atoms with Gasteiger partial charge in [-0.2, -0.15) is 5.10 Å². The molecule has 0 radical (unpaired) electrons. The molecule has 3 nitrogen and oxygen atoms in total. The minimum absolute atomic E-state index is 0.573. The molecule has 1 heterocycles. The van der Waals surface area contributed by atoms with Crippen molar-refractivity contribution in [1.29, 1.82) is 0 Å². The fraction of sp³-hybridized carbons (Fsp3) is 0.438. The normalized spacial score (nSPS) is 18.2. The fourth-order valence-corrected chi connectivity index (χ4v) is 2.98. The van der Waals surface area contributed by atoms with Crippen molar-refractivity contribution < 1.29 is 0 Å². The fourth-order valence-electron chi connectivity index (χ4n) is 2.68. The Morgan fingerprint density at radius 1 is 1.14 bits per heavy atom. The van der Waals surface area contributed by atoms with E-state index in [-0.39, 0.29) is 0 Å². The van der Waals surface area contributed by atoms with Crippen LogP contribution in [0.3, 0.4) is 0 Å². The Labute approximate surface area is 134 Å². The summed E-state index contributed by atoms with van der Waals surface area (Å²) in [6, 6.07) is 6.41. The summed E-state index contributed by atoms with van der Waals surface area (Å²) in [5.41, 5.74) is 3.64. The first-order valence-electron chi connectivity index (χ1n) is 7.48. The zero-order valence-electron chi connectivity index (χ0n) is 11.6.